The van der Waals surface area contributed by atoms with Gasteiger partial charge in [0, 0.05) is 37.3 Å². The third-order valence-corrected chi connectivity index (χ3v) is 4.67. The van der Waals surface area contributed by atoms with Crippen LogP contribution >= 0.6 is 0 Å². The average Bonchev–Trinajstić information content (AvgIpc) is 2.83. The molecule has 0 saturated carbocycles. The summed E-state index contributed by atoms with van der Waals surface area (Å²) in [7, 11) is 0. The molecule has 1 aromatic rings. The molecule has 2 aliphatic rings. The molecule has 1 spiro atoms. The van der Waals surface area contributed by atoms with Crippen molar-refractivity contribution in [2.45, 2.75) is 26.7 Å². The summed E-state index contributed by atoms with van der Waals surface area (Å²) >= 11 is 0. The molecule has 22 heavy (non-hydrogen) atoms. The van der Waals surface area contributed by atoms with Gasteiger partial charge in [-0.15, -0.1) is 0 Å². The Balaban J connectivity index is 1.49. The lowest BCUT2D eigenvalue weighted by molar-refractivity contribution is -0.142. The van der Waals surface area contributed by atoms with Gasteiger partial charge in [0.15, 0.2) is 0 Å². The van der Waals surface area contributed by atoms with Crippen molar-refractivity contribution in [2.75, 3.05) is 32.7 Å². The molecule has 120 valence electrons. The monoisotopic (exact) mass is 305 g/mol. The average molecular weight is 305 g/mol. The molecule has 0 N–H and O–H groups in total. The number of pyridine rings is 1. The van der Waals surface area contributed by atoms with Crippen molar-refractivity contribution in [1.29, 1.82) is 0 Å². The number of hydrogen-bond donors (Lipinski definition) is 0. The van der Waals surface area contributed by atoms with E-state index < -0.39 is 0 Å². The summed E-state index contributed by atoms with van der Waals surface area (Å²) in [6.07, 6.45) is 2.63. The Morgan fingerprint density at radius 1 is 1.36 bits per heavy atom. The molecule has 3 rings (SSSR count). The Hall–Kier alpha value is -1.49. The van der Waals surface area contributed by atoms with Gasteiger partial charge in [0.05, 0.1) is 12.6 Å². The SMILES string of the molecule is CC(C)CN1CCC2(C1)CN(C(=O)Cc1ccc(F)cn1)C2. The van der Waals surface area contributed by atoms with Crippen molar-refractivity contribution in [1.82, 2.24) is 14.8 Å². The number of carbonyl (C=O) groups excluding carboxylic acids is 1. The summed E-state index contributed by atoms with van der Waals surface area (Å²) in [4.78, 5) is 20.7. The molecule has 3 heterocycles. The molecule has 1 amide bonds. The van der Waals surface area contributed by atoms with Crippen LogP contribution in [0.1, 0.15) is 26.0 Å². The summed E-state index contributed by atoms with van der Waals surface area (Å²) in [5, 5.41) is 0. The lowest BCUT2D eigenvalue weighted by Gasteiger charge is -2.48. The van der Waals surface area contributed by atoms with Gasteiger partial charge >= 0.3 is 0 Å². The van der Waals surface area contributed by atoms with Crippen LogP contribution < -0.4 is 0 Å². The smallest absolute Gasteiger partial charge is 0.228 e. The van der Waals surface area contributed by atoms with E-state index in [0.717, 1.165) is 32.7 Å². The summed E-state index contributed by atoms with van der Waals surface area (Å²) < 4.78 is 12.8. The van der Waals surface area contributed by atoms with Crippen molar-refractivity contribution >= 4 is 5.91 Å². The number of hydrogen-bond acceptors (Lipinski definition) is 3. The molecule has 2 fully saturated rings. The highest BCUT2D eigenvalue weighted by Crippen LogP contribution is 2.39. The van der Waals surface area contributed by atoms with Crippen molar-refractivity contribution in [3.8, 4) is 0 Å². The normalized spacial score (nSPS) is 20.6. The van der Waals surface area contributed by atoms with E-state index in [2.05, 4.69) is 23.7 Å². The van der Waals surface area contributed by atoms with Crippen molar-refractivity contribution in [2.24, 2.45) is 11.3 Å². The third kappa shape index (κ3) is 3.29. The number of rotatable bonds is 4. The number of halogens is 1. The van der Waals surface area contributed by atoms with Crippen LogP contribution in [0.5, 0.6) is 0 Å². The van der Waals surface area contributed by atoms with E-state index in [1.165, 1.54) is 18.7 Å². The molecule has 4 nitrogen and oxygen atoms in total. The van der Waals surface area contributed by atoms with Crippen molar-refractivity contribution < 1.29 is 9.18 Å². The van der Waals surface area contributed by atoms with Gasteiger partial charge in [-0.3, -0.25) is 9.78 Å². The van der Waals surface area contributed by atoms with E-state index in [9.17, 15) is 9.18 Å². The second kappa shape index (κ2) is 5.95. The molecule has 0 radical (unpaired) electrons. The number of aromatic nitrogens is 1. The maximum absolute atomic E-state index is 12.8. The van der Waals surface area contributed by atoms with Crippen LogP contribution in [-0.4, -0.2) is 53.4 Å². The molecule has 1 aromatic heterocycles. The molecular formula is C17H24FN3O. The van der Waals surface area contributed by atoms with Crippen molar-refractivity contribution in [3.05, 3.63) is 29.8 Å². The fraction of sp³-hybridized carbons (Fsp3) is 0.647. The van der Waals surface area contributed by atoms with Crippen LogP contribution in [0.4, 0.5) is 4.39 Å². The lowest BCUT2D eigenvalue weighted by Crippen LogP contribution is -2.59. The van der Waals surface area contributed by atoms with E-state index in [1.54, 1.807) is 6.07 Å². The maximum atomic E-state index is 12.8. The Kier molecular flexibility index (Phi) is 4.17. The van der Waals surface area contributed by atoms with E-state index in [-0.39, 0.29) is 18.1 Å². The largest absolute Gasteiger partial charge is 0.341 e. The van der Waals surface area contributed by atoms with Gasteiger partial charge in [-0.25, -0.2) is 4.39 Å². The van der Waals surface area contributed by atoms with Crippen LogP contribution in [0, 0.1) is 17.2 Å². The Bertz CT molecular complexity index is 537. The highest BCUT2D eigenvalue weighted by atomic mass is 19.1. The summed E-state index contributed by atoms with van der Waals surface area (Å²) in [6.45, 7) is 9.64. The number of carbonyl (C=O) groups is 1. The maximum Gasteiger partial charge on any atom is 0.228 e. The Morgan fingerprint density at radius 3 is 2.77 bits per heavy atom. The topological polar surface area (TPSA) is 36.4 Å². The summed E-state index contributed by atoms with van der Waals surface area (Å²) in [5.74, 6) is 0.430. The van der Waals surface area contributed by atoms with Gasteiger partial charge < -0.3 is 9.80 Å². The molecule has 2 aliphatic heterocycles. The number of amides is 1. The van der Waals surface area contributed by atoms with Crippen molar-refractivity contribution in [3.63, 3.8) is 0 Å². The zero-order valence-corrected chi connectivity index (χ0v) is 13.4. The summed E-state index contributed by atoms with van der Waals surface area (Å²) in [5.41, 5.74) is 0.959. The highest BCUT2D eigenvalue weighted by molar-refractivity contribution is 5.79. The van der Waals surface area contributed by atoms with E-state index in [1.807, 2.05) is 4.90 Å². The number of nitrogens with zero attached hydrogens (tertiary/aromatic N) is 3. The zero-order valence-electron chi connectivity index (χ0n) is 13.4. The van der Waals surface area contributed by atoms with Gasteiger partial charge in [-0.1, -0.05) is 13.8 Å². The quantitative estimate of drug-likeness (QED) is 0.853. The number of likely N-dealkylation sites (tertiary alicyclic amines) is 2. The molecular weight excluding hydrogens is 281 g/mol. The predicted molar refractivity (Wildman–Crippen MR) is 82.8 cm³/mol. The highest BCUT2D eigenvalue weighted by Gasteiger charge is 2.48. The summed E-state index contributed by atoms with van der Waals surface area (Å²) in [6, 6.07) is 2.94. The van der Waals surface area contributed by atoms with E-state index >= 15 is 0 Å². The minimum Gasteiger partial charge on any atom is -0.341 e. The van der Waals surface area contributed by atoms with Gasteiger partial charge in [0.2, 0.25) is 5.91 Å². The first-order chi connectivity index (χ1) is 10.5. The van der Waals surface area contributed by atoms with Crippen LogP contribution in [-0.2, 0) is 11.2 Å². The van der Waals surface area contributed by atoms with E-state index in [4.69, 9.17) is 0 Å². The van der Waals surface area contributed by atoms with Crippen LogP contribution in [0.15, 0.2) is 18.3 Å². The van der Waals surface area contributed by atoms with E-state index in [0.29, 0.717) is 17.0 Å². The van der Waals surface area contributed by atoms with Crippen LogP contribution in [0.2, 0.25) is 0 Å². The van der Waals surface area contributed by atoms with Crippen LogP contribution in [0.25, 0.3) is 0 Å². The molecule has 0 aliphatic carbocycles. The molecule has 0 bridgehead atoms. The molecule has 5 heteroatoms. The van der Waals surface area contributed by atoms with Crippen LogP contribution in [0.3, 0.4) is 0 Å². The third-order valence-electron chi connectivity index (χ3n) is 4.67. The lowest BCUT2D eigenvalue weighted by atomic mass is 9.79. The Labute approximate surface area is 131 Å². The van der Waals surface area contributed by atoms with Gasteiger partial charge in [0.1, 0.15) is 5.82 Å². The standard InChI is InChI=1S/C17H24FN3O/c1-13(2)9-20-6-5-17(10-20)11-21(12-17)16(22)7-15-4-3-14(18)8-19-15/h3-4,8,13H,5-7,9-12H2,1-2H3. The molecule has 2 saturated heterocycles. The zero-order chi connectivity index (χ0) is 15.7. The van der Waals surface area contributed by atoms with Gasteiger partial charge in [-0.05, 0) is 31.0 Å². The first kappa shape index (κ1) is 15.4. The first-order valence-corrected chi connectivity index (χ1v) is 8.06. The minimum atomic E-state index is -0.365. The fourth-order valence-electron chi connectivity index (χ4n) is 3.68. The first-order valence-electron chi connectivity index (χ1n) is 8.06. The Morgan fingerprint density at radius 2 is 2.14 bits per heavy atom. The minimum absolute atomic E-state index is 0.104. The second-order valence-electron chi connectivity index (χ2n) is 7.27. The predicted octanol–water partition coefficient (Wildman–Crippen LogP) is 1.95. The molecule has 0 aromatic carbocycles. The second-order valence-corrected chi connectivity index (χ2v) is 7.27. The molecule has 0 unspecified atom stereocenters. The molecule has 0 atom stereocenters. The fourth-order valence-corrected chi connectivity index (χ4v) is 3.68. The van der Waals surface area contributed by atoms with Gasteiger partial charge in [0.25, 0.3) is 0 Å². The van der Waals surface area contributed by atoms with Gasteiger partial charge in [-0.2, -0.15) is 0 Å².